The Balaban J connectivity index is 2.30. The lowest BCUT2D eigenvalue weighted by molar-refractivity contribution is -0.137. The molecule has 22 heavy (non-hydrogen) atoms. The molecule has 1 unspecified atom stereocenters. The van der Waals surface area contributed by atoms with Crippen LogP contribution in [0.25, 0.3) is 10.8 Å². The van der Waals surface area contributed by atoms with E-state index in [4.69, 9.17) is 5.11 Å². The summed E-state index contributed by atoms with van der Waals surface area (Å²) in [5.41, 5.74) is 0.808. The highest BCUT2D eigenvalue weighted by atomic mass is 32.2. The van der Waals surface area contributed by atoms with E-state index in [1.54, 1.807) is 6.92 Å². The fourth-order valence-corrected chi connectivity index (χ4v) is 2.53. The molecule has 0 radical (unpaired) electrons. The lowest BCUT2D eigenvalue weighted by Gasteiger charge is -2.20. The number of hydrogen-bond donors (Lipinski definition) is 2. The average molecular weight is 317 g/mol. The highest BCUT2D eigenvalue weighted by Crippen LogP contribution is 2.23. The molecule has 2 rings (SSSR count). The number of hydrogen-bond acceptors (Lipinski definition) is 3. The number of amides is 1. The minimum Gasteiger partial charge on any atom is -0.481 e. The highest BCUT2D eigenvalue weighted by Gasteiger charge is 2.21. The van der Waals surface area contributed by atoms with E-state index in [0.29, 0.717) is 0 Å². The molecule has 0 fully saturated rings. The summed E-state index contributed by atoms with van der Waals surface area (Å²) in [5, 5.41) is 13.9. The number of nitrogens with one attached hydrogen (secondary N) is 1. The van der Waals surface area contributed by atoms with Crippen molar-refractivity contribution in [1.82, 2.24) is 5.32 Å². The minimum atomic E-state index is -0.935. The molecule has 2 aromatic carbocycles. The van der Waals surface area contributed by atoms with Crippen molar-refractivity contribution in [2.45, 2.75) is 24.6 Å². The number of carboxylic acid groups (broad SMARTS) is 1. The summed E-state index contributed by atoms with van der Waals surface area (Å²) in [6.07, 6.45) is 1.72. The molecule has 2 aromatic rings. The van der Waals surface area contributed by atoms with Crippen molar-refractivity contribution in [2.24, 2.45) is 0 Å². The highest BCUT2D eigenvalue weighted by molar-refractivity contribution is 7.99. The zero-order valence-corrected chi connectivity index (χ0v) is 13.4. The molecule has 4 nitrogen and oxygen atoms in total. The normalized spacial score (nSPS) is 13.5. The van der Waals surface area contributed by atoms with Gasteiger partial charge in [-0.05, 0) is 35.6 Å². The molecule has 0 heterocycles. The molecule has 0 aromatic heterocycles. The van der Waals surface area contributed by atoms with Gasteiger partial charge >= 0.3 is 5.97 Å². The lowest BCUT2D eigenvalue weighted by atomic mass is 9.99. The topological polar surface area (TPSA) is 66.4 Å². The monoisotopic (exact) mass is 317 g/mol. The van der Waals surface area contributed by atoms with Crippen LogP contribution in [0, 0.1) is 0 Å². The Bertz CT molecular complexity index is 686. The van der Waals surface area contributed by atoms with E-state index >= 15 is 0 Å². The van der Waals surface area contributed by atoms with Gasteiger partial charge in [-0.2, -0.15) is 11.8 Å². The van der Waals surface area contributed by atoms with Gasteiger partial charge in [0.1, 0.15) is 0 Å². The van der Waals surface area contributed by atoms with Crippen LogP contribution >= 0.6 is 11.8 Å². The summed E-state index contributed by atoms with van der Waals surface area (Å²) in [7, 11) is 0. The van der Waals surface area contributed by atoms with Gasteiger partial charge in [0, 0.05) is 0 Å². The van der Waals surface area contributed by atoms with Gasteiger partial charge in [-0.25, -0.2) is 0 Å². The molecule has 0 saturated carbocycles. The maximum absolute atomic E-state index is 12.1. The van der Waals surface area contributed by atoms with Crippen LogP contribution in [-0.2, 0) is 9.59 Å². The number of carbonyl (C=O) groups is 2. The maximum atomic E-state index is 12.1. The first kappa shape index (κ1) is 16.4. The first-order valence-electron chi connectivity index (χ1n) is 7.05. The van der Waals surface area contributed by atoms with Gasteiger partial charge in [0.05, 0.1) is 17.7 Å². The summed E-state index contributed by atoms with van der Waals surface area (Å²) in [6, 6.07) is 13.1. The van der Waals surface area contributed by atoms with Crippen molar-refractivity contribution >= 4 is 34.4 Å². The molecule has 0 aliphatic carbocycles. The molecule has 116 valence electrons. The third kappa shape index (κ3) is 4.01. The second-order valence-electron chi connectivity index (χ2n) is 5.14. The predicted octanol–water partition coefficient (Wildman–Crippen LogP) is 3.22. The Morgan fingerprint density at radius 1 is 1.18 bits per heavy atom. The van der Waals surface area contributed by atoms with Gasteiger partial charge in [-0.1, -0.05) is 36.4 Å². The van der Waals surface area contributed by atoms with Gasteiger partial charge in [0.2, 0.25) is 5.91 Å². The zero-order valence-electron chi connectivity index (χ0n) is 12.6. The average Bonchev–Trinajstić information content (AvgIpc) is 2.52. The molecular formula is C17H19NO3S. The van der Waals surface area contributed by atoms with Crippen molar-refractivity contribution in [2.75, 3.05) is 6.26 Å². The van der Waals surface area contributed by atoms with Crippen LogP contribution in [0.1, 0.15) is 24.9 Å². The van der Waals surface area contributed by atoms with Crippen LogP contribution in [0.4, 0.5) is 0 Å². The summed E-state index contributed by atoms with van der Waals surface area (Å²) in [5.74, 6) is -1.08. The fourth-order valence-electron chi connectivity index (χ4n) is 2.25. The van der Waals surface area contributed by atoms with E-state index in [0.717, 1.165) is 16.3 Å². The SMILES string of the molecule is CSC(C)C(=O)N[C@@H](CC(=O)O)c1ccc2ccccc2c1. The number of fused-ring (bicyclic) bond motifs is 1. The van der Waals surface area contributed by atoms with E-state index in [1.807, 2.05) is 48.7 Å². The Kier molecular flexibility index (Phi) is 5.44. The number of rotatable bonds is 6. The first-order chi connectivity index (χ1) is 10.5. The smallest absolute Gasteiger partial charge is 0.305 e. The maximum Gasteiger partial charge on any atom is 0.305 e. The van der Waals surface area contributed by atoms with Crippen LogP contribution in [0.3, 0.4) is 0 Å². The van der Waals surface area contributed by atoms with Crippen LogP contribution < -0.4 is 5.32 Å². The lowest BCUT2D eigenvalue weighted by Crippen LogP contribution is -2.35. The van der Waals surface area contributed by atoms with Crippen LogP contribution in [0.5, 0.6) is 0 Å². The second kappa shape index (κ2) is 7.31. The Hall–Kier alpha value is -2.01. The van der Waals surface area contributed by atoms with Gasteiger partial charge in [-0.15, -0.1) is 0 Å². The third-order valence-electron chi connectivity index (χ3n) is 3.59. The van der Waals surface area contributed by atoms with Crippen molar-refractivity contribution < 1.29 is 14.7 Å². The van der Waals surface area contributed by atoms with E-state index in [1.165, 1.54) is 11.8 Å². The molecule has 0 aliphatic rings. The van der Waals surface area contributed by atoms with Gasteiger partial charge < -0.3 is 10.4 Å². The number of thioether (sulfide) groups is 1. The Labute approximate surface area is 133 Å². The molecule has 0 bridgehead atoms. The molecule has 0 aliphatic heterocycles. The quantitative estimate of drug-likeness (QED) is 0.858. The predicted molar refractivity (Wildman–Crippen MR) is 90.1 cm³/mol. The van der Waals surface area contributed by atoms with Crippen molar-refractivity contribution in [3.8, 4) is 0 Å². The number of benzene rings is 2. The van der Waals surface area contributed by atoms with E-state index in [-0.39, 0.29) is 17.6 Å². The van der Waals surface area contributed by atoms with E-state index < -0.39 is 12.0 Å². The van der Waals surface area contributed by atoms with Crippen molar-refractivity contribution in [1.29, 1.82) is 0 Å². The number of carbonyl (C=O) groups excluding carboxylic acids is 1. The third-order valence-corrected chi connectivity index (χ3v) is 4.52. The van der Waals surface area contributed by atoms with Crippen molar-refractivity contribution in [3.05, 3.63) is 48.0 Å². The zero-order chi connectivity index (χ0) is 16.1. The summed E-state index contributed by atoms with van der Waals surface area (Å²) in [6.45, 7) is 1.80. The largest absolute Gasteiger partial charge is 0.481 e. The summed E-state index contributed by atoms with van der Waals surface area (Å²) < 4.78 is 0. The molecule has 1 amide bonds. The molecule has 0 saturated heterocycles. The standard InChI is InChI=1S/C17H19NO3S/c1-11(22-2)17(21)18-15(10-16(19)20)14-8-7-12-5-3-4-6-13(12)9-14/h3-9,11,15H,10H2,1-2H3,(H,18,21)(H,19,20)/t11?,15-/m0/s1. The van der Waals surface area contributed by atoms with Crippen LogP contribution in [-0.4, -0.2) is 28.5 Å². The van der Waals surface area contributed by atoms with E-state index in [2.05, 4.69) is 5.32 Å². The fraction of sp³-hybridized carbons (Fsp3) is 0.294. The molecule has 5 heteroatoms. The summed E-state index contributed by atoms with van der Waals surface area (Å²) in [4.78, 5) is 23.2. The Morgan fingerprint density at radius 3 is 2.50 bits per heavy atom. The number of carboxylic acids is 1. The molecule has 0 spiro atoms. The van der Waals surface area contributed by atoms with Gasteiger partial charge in [0.15, 0.2) is 0 Å². The minimum absolute atomic E-state index is 0.134. The molecular weight excluding hydrogens is 298 g/mol. The van der Waals surface area contributed by atoms with Gasteiger partial charge in [-0.3, -0.25) is 9.59 Å². The second-order valence-corrected chi connectivity index (χ2v) is 6.32. The number of aliphatic carboxylic acids is 1. The van der Waals surface area contributed by atoms with E-state index in [9.17, 15) is 9.59 Å². The van der Waals surface area contributed by atoms with Crippen molar-refractivity contribution in [3.63, 3.8) is 0 Å². The first-order valence-corrected chi connectivity index (χ1v) is 8.33. The molecule has 2 atom stereocenters. The Morgan fingerprint density at radius 2 is 1.86 bits per heavy atom. The summed E-state index contributed by atoms with van der Waals surface area (Å²) >= 11 is 1.43. The van der Waals surface area contributed by atoms with Crippen LogP contribution in [0.15, 0.2) is 42.5 Å². The van der Waals surface area contributed by atoms with Gasteiger partial charge in [0.25, 0.3) is 0 Å². The molecule has 2 N–H and O–H groups in total. The van der Waals surface area contributed by atoms with Crippen LogP contribution in [0.2, 0.25) is 0 Å².